The van der Waals surface area contributed by atoms with Crippen LogP contribution in [0.2, 0.25) is 5.02 Å². The third kappa shape index (κ3) is 5.31. The van der Waals surface area contributed by atoms with Crippen molar-refractivity contribution in [2.24, 2.45) is 0 Å². The first-order chi connectivity index (χ1) is 15.0. The van der Waals surface area contributed by atoms with Gasteiger partial charge in [0, 0.05) is 50.9 Å². The number of aromatic nitrogens is 2. The molecule has 0 radical (unpaired) electrons. The molecule has 4 rings (SSSR count). The van der Waals surface area contributed by atoms with Crippen molar-refractivity contribution in [2.75, 3.05) is 26.2 Å². The molecule has 8 heteroatoms. The zero-order valence-electron chi connectivity index (χ0n) is 17.2. The monoisotopic (exact) mass is 438 g/mol. The van der Waals surface area contributed by atoms with Gasteiger partial charge in [0.05, 0.1) is 0 Å². The largest absolute Gasteiger partial charge is 0.457 e. The summed E-state index contributed by atoms with van der Waals surface area (Å²) in [6.45, 7) is 4.92. The maximum atomic E-state index is 12.6. The van der Waals surface area contributed by atoms with Crippen LogP contribution in [-0.2, 0) is 6.54 Å². The number of carbonyl (C=O) groups is 2. The van der Waals surface area contributed by atoms with Crippen molar-refractivity contribution < 1.29 is 14.3 Å². The molecule has 0 spiro atoms. The van der Waals surface area contributed by atoms with E-state index < -0.39 is 0 Å². The summed E-state index contributed by atoms with van der Waals surface area (Å²) in [6.07, 6.45) is 1.54. The molecule has 31 heavy (non-hydrogen) atoms. The fraction of sp³-hybridized carbons (Fsp3) is 0.261. The highest BCUT2D eigenvalue weighted by molar-refractivity contribution is 6.30. The summed E-state index contributed by atoms with van der Waals surface area (Å²) in [7, 11) is 0. The van der Waals surface area contributed by atoms with Gasteiger partial charge in [-0.25, -0.2) is 4.79 Å². The summed E-state index contributed by atoms with van der Waals surface area (Å²) in [5, 5.41) is 4.69. The standard InChI is InChI=1S/C23H23ClN4O3/c1-17(29)22-8-9-28(25-22)23(30)27-12-10-26(11-13-27)16-18-4-2-6-20(14-18)31-21-7-3-5-19(24)15-21/h2-9,14-15H,10-13,16H2,1H3. The van der Waals surface area contributed by atoms with Gasteiger partial charge in [0.1, 0.15) is 17.2 Å². The van der Waals surface area contributed by atoms with E-state index in [9.17, 15) is 9.59 Å². The first-order valence-corrected chi connectivity index (χ1v) is 10.5. The van der Waals surface area contributed by atoms with Gasteiger partial charge >= 0.3 is 6.03 Å². The molecule has 1 aromatic heterocycles. The SMILES string of the molecule is CC(=O)c1ccn(C(=O)N2CCN(Cc3cccc(Oc4cccc(Cl)c4)c3)CC2)n1. The van der Waals surface area contributed by atoms with E-state index in [1.807, 2.05) is 36.4 Å². The van der Waals surface area contributed by atoms with Crippen molar-refractivity contribution in [2.45, 2.75) is 13.5 Å². The first-order valence-electron chi connectivity index (χ1n) is 10.1. The third-order valence-electron chi connectivity index (χ3n) is 5.12. The molecule has 3 aromatic rings. The van der Waals surface area contributed by atoms with Crippen LogP contribution in [0.25, 0.3) is 0 Å². The maximum Gasteiger partial charge on any atom is 0.344 e. The van der Waals surface area contributed by atoms with Gasteiger partial charge in [-0.1, -0.05) is 29.8 Å². The number of ketones is 1. The molecule has 160 valence electrons. The summed E-state index contributed by atoms with van der Waals surface area (Å²) in [4.78, 5) is 28.1. The van der Waals surface area contributed by atoms with Crippen LogP contribution in [0, 0.1) is 0 Å². The molecule has 0 unspecified atom stereocenters. The second kappa shape index (κ2) is 9.32. The minimum Gasteiger partial charge on any atom is -0.457 e. The number of nitrogens with zero attached hydrogens (tertiary/aromatic N) is 4. The minimum atomic E-state index is -0.205. The summed E-state index contributed by atoms with van der Waals surface area (Å²) < 4.78 is 7.15. The Balaban J connectivity index is 1.32. The van der Waals surface area contributed by atoms with Crippen molar-refractivity contribution >= 4 is 23.4 Å². The van der Waals surface area contributed by atoms with Gasteiger partial charge in [-0.05, 0) is 42.0 Å². The van der Waals surface area contributed by atoms with Crippen molar-refractivity contribution in [3.63, 3.8) is 0 Å². The van der Waals surface area contributed by atoms with Crippen molar-refractivity contribution in [1.29, 1.82) is 0 Å². The van der Waals surface area contributed by atoms with Crippen LogP contribution in [0.4, 0.5) is 4.79 Å². The lowest BCUT2D eigenvalue weighted by molar-refractivity contribution is 0.101. The molecule has 1 aliphatic rings. The number of benzene rings is 2. The van der Waals surface area contributed by atoms with Crippen LogP contribution >= 0.6 is 11.6 Å². The smallest absolute Gasteiger partial charge is 0.344 e. The quantitative estimate of drug-likeness (QED) is 0.555. The number of amides is 1. The van der Waals surface area contributed by atoms with E-state index in [0.29, 0.717) is 29.6 Å². The first kappa shape index (κ1) is 21.1. The van der Waals surface area contributed by atoms with E-state index in [2.05, 4.69) is 16.1 Å². The minimum absolute atomic E-state index is 0.155. The maximum absolute atomic E-state index is 12.6. The molecule has 1 amide bonds. The van der Waals surface area contributed by atoms with Gasteiger partial charge in [-0.3, -0.25) is 9.69 Å². The van der Waals surface area contributed by atoms with E-state index in [1.165, 1.54) is 17.8 Å². The average molecular weight is 439 g/mol. The second-order valence-electron chi connectivity index (χ2n) is 7.45. The van der Waals surface area contributed by atoms with Crippen molar-refractivity contribution in [3.8, 4) is 11.5 Å². The topological polar surface area (TPSA) is 67.7 Å². The predicted octanol–water partition coefficient (Wildman–Crippen LogP) is 4.32. The van der Waals surface area contributed by atoms with Crippen LogP contribution in [0.1, 0.15) is 23.0 Å². The molecule has 1 saturated heterocycles. The summed E-state index contributed by atoms with van der Waals surface area (Å²) in [5.74, 6) is 1.30. The zero-order valence-corrected chi connectivity index (χ0v) is 18.0. The lowest BCUT2D eigenvalue weighted by Gasteiger charge is -2.34. The molecule has 7 nitrogen and oxygen atoms in total. The molecule has 2 heterocycles. The third-order valence-corrected chi connectivity index (χ3v) is 5.36. The molecular formula is C23H23ClN4O3. The Labute approximate surface area is 185 Å². The normalized spacial score (nSPS) is 14.5. The van der Waals surface area contributed by atoms with E-state index in [-0.39, 0.29) is 11.8 Å². The average Bonchev–Trinajstić information content (AvgIpc) is 3.25. The molecule has 1 aliphatic heterocycles. The number of halogens is 1. The van der Waals surface area contributed by atoms with E-state index in [1.54, 1.807) is 17.0 Å². The number of hydrogen-bond donors (Lipinski definition) is 0. The van der Waals surface area contributed by atoms with Crippen LogP contribution in [-0.4, -0.2) is 57.6 Å². The highest BCUT2D eigenvalue weighted by Crippen LogP contribution is 2.25. The summed E-state index contributed by atoms with van der Waals surface area (Å²) >= 11 is 6.02. The molecule has 0 atom stereocenters. The molecule has 0 aliphatic carbocycles. The van der Waals surface area contributed by atoms with Gasteiger partial charge < -0.3 is 9.64 Å². The van der Waals surface area contributed by atoms with E-state index >= 15 is 0 Å². The van der Waals surface area contributed by atoms with Crippen LogP contribution in [0.3, 0.4) is 0 Å². The lowest BCUT2D eigenvalue weighted by Crippen LogP contribution is -2.49. The Kier molecular flexibility index (Phi) is 6.34. The Morgan fingerprint density at radius 1 is 1.00 bits per heavy atom. The predicted molar refractivity (Wildman–Crippen MR) is 118 cm³/mol. The fourth-order valence-electron chi connectivity index (χ4n) is 3.49. The molecule has 0 saturated carbocycles. The molecular weight excluding hydrogens is 416 g/mol. The number of ether oxygens (including phenoxy) is 1. The number of Topliss-reactive ketones (excluding diaryl/α,β-unsaturated/α-hetero) is 1. The molecule has 0 N–H and O–H groups in total. The Bertz CT molecular complexity index is 1090. The summed E-state index contributed by atoms with van der Waals surface area (Å²) in [5.41, 5.74) is 1.43. The van der Waals surface area contributed by atoms with Crippen molar-refractivity contribution in [1.82, 2.24) is 19.6 Å². The van der Waals surface area contributed by atoms with Crippen molar-refractivity contribution in [3.05, 3.63) is 77.1 Å². The summed E-state index contributed by atoms with van der Waals surface area (Å²) in [6, 6.07) is 16.6. The number of rotatable bonds is 5. The van der Waals surface area contributed by atoms with Crippen LogP contribution < -0.4 is 4.74 Å². The fourth-order valence-corrected chi connectivity index (χ4v) is 3.67. The Hall–Kier alpha value is -3.16. The Morgan fingerprint density at radius 3 is 2.39 bits per heavy atom. The molecule has 1 fully saturated rings. The molecule has 0 bridgehead atoms. The number of carbonyl (C=O) groups excluding carboxylic acids is 2. The highest BCUT2D eigenvalue weighted by atomic mass is 35.5. The van der Waals surface area contributed by atoms with Crippen LogP contribution in [0.5, 0.6) is 11.5 Å². The Morgan fingerprint density at radius 2 is 1.71 bits per heavy atom. The van der Waals surface area contributed by atoms with E-state index in [4.69, 9.17) is 16.3 Å². The second-order valence-corrected chi connectivity index (χ2v) is 7.89. The van der Waals surface area contributed by atoms with Gasteiger partial charge in [-0.15, -0.1) is 0 Å². The zero-order chi connectivity index (χ0) is 21.8. The van der Waals surface area contributed by atoms with Gasteiger partial charge in [-0.2, -0.15) is 9.78 Å². The van der Waals surface area contributed by atoms with E-state index in [0.717, 1.165) is 30.9 Å². The van der Waals surface area contributed by atoms with Gasteiger partial charge in [0.2, 0.25) is 0 Å². The highest BCUT2D eigenvalue weighted by Gasteiger charge is 2.23. The lowest BCUT2D eigenvalue weighted by atomic mass is 10.2. The number of hydrogen-bond acceptors (Lipinski definition) is 5. The van der Waals surface area contributed by atoms with Crippen LogP contribution in [0.15, 0.2) is 60.8 Å². The number of piperazine rings is 1. The van der Waals surface area contributed by atoms with Gasteiger partial charge in [0.25, 0.3) is 0 Å². The van der Waals surface area contributed by atoms with Gasteiger partial charge in [0.15, 0.2) is 5.78 Å². The molecule has 2 aromatic carbocycles.